The molecule has 0 bridgehead atoms. The Morgan fingerprint density at radius 2 is 1.79 bits per heavy atom. The van der Waals surface area contributed by atoms with Crippen LogP contribution in [0, 0.1) is 0 Å². The van der Waals surface area contributed by atoms with E-state index in [1.54, 1.807) is 0 Å². The summed E-state index contributed by atoms with van der Waals surface area (Å²) in [6.07, 6.45) is -9.57. The molecular formula is C6H7F5O3. The third-order valence-corrected chi connectivity index (χ3v) is 0.981. The van der Waals surface area contributed by atoms with Crippen LogP contribution in [0.15, 0.2) is 0 Å². The highest BCUT2D eigenvalue weighted by Crippen LogP contribution is 2.28. The molecule has 14 heavy (non-hydrogen) atoms. The first-order valence-corrected chi connectivity index (χ1v) is 3.45. The zero-order valence-electron chi connectivity index (χ0n) is 7.03. The molecule has 0 aliphatic heterocycles. The van der Waals surface area contributed by atoms with Crippen LogP contribution in [-0.2, 0) is 14.3 Å². The van der Waals surface area contributed by atoms with Gasteiger partial charge in [0.1, 0.15) is 6.61 Å². The molecule has 0 fully saturated rings. The van der Waals surface area contributed by atoms with E-state index in [0.717, 1.165) is 0 Å². The second kappa shape index (κ2) is 4.65. The highest BCUT2D eigenvalue weighted by Gasteiger charge is 2.50. The predicted molar refractivity (Wildman–Crippen MR) is 33.6 cm³/mol. The van der Waals surface area contributed by atoms with E-state index in [4.69, 9.17) is 0 Å². The normalized spacial score (nSPS) is 13.0. The van der Waals surface area contributed by atoms with Gasteiger partial charge in [-0.1, -0.05) is 0 Å². The van der Waals surface area contributed by atoms with Crippen molar-refractivity contribution in [1.82, 2.24) is 0 Å². The minimum atomic E-state index is -5.15. The first kappa shape index (κ1) is 13.2. The lowest BCUT2D eigenvalue weighted by Crippen LogP contribution is -2.40. The third-order valence-electron chi connectivity index (χ3n) is 0.981. The lowest BCUT2D eigenvalue weighted by Gasteiger charge is -2.19. The van der Waals surface area contributed by atoms with E-state index in [2.05, 4.69) is 9.47 Å². The average Bonchev–Trinajstić information content (AvgIpc) is 1.99. The van der Waals surface area contributed by atoms with Gasteiger partial charge >= 0.3 is 18.3 Å². The van der Waals surface area contributed by atoms with Gasteiger partial charge in [0, 0.05) is 6.61 Å². The van der Waals surface area contributed by atoms with Gasteiger partial charge in [-0.2, -0.15) is 22.0 Å². The van der Waals surface area contributed by atoms with Gasteiger partial charge in [-0.3, -0.25) is 4.79 Å². The molecule has 0 spiro atoms. The van der Waals surface area contributed by atoms with Crippen LogP contribution in [0.3, 0.4) is 0 Å². The number of carbonyl (C=O) groups is 1. The maximum Gasteiger partial charge on any atom is 0.453 e. The minimum Gasteiger partial charge on any atom is -0.373 e. The Morgan fingerprint density at radius 1 is 1.29 bits per heavy atom. The van der Waals surface area contributed by atoms with Crippen molar-refractivity contribution in [1.29, 1.82) is 0 Å². The first-order valence-electron chi connectivity index (χ1n) is 3.45. The van der Waals surface area contributed by atoms with Crippen molar-refractivity contribution in [3.05, 3.63) is 0 Å². The fraction of sp³-hybridized carbons (Fsp3) is 0.833. The monoisotopic (exact) mass is 222 g/mol. The Bertz CT molecular complexity index is 206. The van der Waals surface area contributed by atoms with Crippen molar-refractivity contribution in [2.45, 2.75) is 19.1 Å². The van der Waals surface area contributed by atoms with E-state index >= 15 is 0 Å². The van der Waals surface area contributed by atoms with E-state index in [9.17, 15) is 26.7 Å². The molecule has 8 heteroatoms. The smallest absolute Gasteiger partial charge is 0.373 e. The van der Waals surface area contributed by atoms with Gasteiger partial charge in [0.2, 0.25) is 0 Å². The molecule has 0 aliphatic rings. The van der Waals surface area contributed by atoms with Gasteiger partial charge in [0.15, 0.2) is 0 Å². The first-order chi connectivity index (χ1) is 6.21. The van der Waals surface area contributed by atoms with Crippen molar-refractivity contribution < 1.29 is 36.2 Å². The zero-order chi connectivity index (χ0) is 11.4. The van der Waals surface area contributed by atoms with Crippen LogP contribution in [0.25, 0.3) is 0 Å². The molecule has 84 valence electrons. The highest BCUT2D eigenvalue weighted by atomic mass is 19.3. The highest BCUT2D eigenvalue weighted by molar-refractivity contribution is 5.74. The lowest BCUT2D eigenvalue weighted by molar-refractivity contribution is -0.371. The number of ether oxygens (including phenoxy) is 2. The van der Waals surface area contributed by atoms with Gasteiger partial charge in [0.25, 0.3) is 0 Å². The summed E-state index contributed by atoms with van der Waals surface area (Å²) in [7, 11) is 0. The maximum atomic E-state index is 12.3. The fourth-order valence-electron chi connectivity index (χ4n) is 0.478. The SMILES string of the molecule is CCOCC(F)(F)OC(F)(F)C(=O)F. The van der Waals surface area contributed by atoms with Crippen molar-refractivity contribution in [3.63, 3.8) is 0 Å². The molecular weight excluding hydrogens is 215 g/mol. The summed E-state index contributed by atoms with van der Waals surface area (Å²) >= 11 is 0. The summed E-state index contributed by atoms with van der Waals surface area (Å²) in [4.78, 5) is 9.50. The largest absolute Gasteiger partial charge is 0.453 e. The number of alkyl halides is 4. The summed E-state index contributed by atoms with van der Waals surface area (Å²) in [5.74, 6) is 0. The van der Waals surface area contributed by atoms with Gasteiger partial charge < -0.3 is 4.74 Å². The van der Waals surface area contributed by atoms with Crippen molar-refractivity contribution >= 4 is 6.04 Å². The number of halogens is 5. The van der Waals surface area contributed by atoms with Gasteiger partial charge in [-0.25, -0.2) is 4.74 Å². The summed E-state index contributed by atoms with van der Waals surface area (Å²) in [6.45, 7) is -0.297. The van der Waals surface area contributed by atoms with Gasteiger partial charge in [-0.05, 0) is 6.92 Å². The second-order valence-corrected chi connectivity index (χ2v) is 2.17. The Morgan fingerprint density at radius 3 is 2.14 bits per heavy atom. The van der Waals surface area contributed by atoms with Crippen LogP contribution in [0.4, 0.5) is 22.0 Å². The lowest BCUT2D eigenvalue weighted by atomic mass is 10.6. The summed E-state index contributed by atoms with van der Waals surface area (Å²) in [6, 6.07) is -3.28. The van der Waals surface area contributed by atoms with Crippen LogP contribution < -0.4 is 0 Å². The van der Waals surface area contributed by atoms with Crippen LogP contribution in [0.1, 0.15) is 6.92 Å². The third kappa shape index (κ3) is 4.47. The van der Waals surface area contributed by atoms with E-state index in [-0.39, 0.29) is 6.61 Å². The van der Waals surface area contributed by atoms with E-state index in [0.29, 0.717) is 0 Å². The number of rotatable bonds is 6. The Kier molecular flexibility index (Phi) is 4.40. The van der Waals surface area contributed by atoms with Crippen molar-refractivity contribution in [2.24, 2.45) is 0 Å². The standard InChI is InChI=1S/C6H7F5O3/c1-2-13-3-5(8,9)14-6(10,11)4(7)12/h2-3H2,1H3. The van der Waals surface area contributed by atoms with Crippen LogP contribution in [0.5, 0.6) is 0 Å². The topological polar surface area (TPSA) is 35.5 Å². The quantitative estimate of drug-likeness (QED) is 0.507. The molecule has 0 atom stereocenters. The molecule has 0 radical (unpaired) electrons. The molecule has 0 aromatic rings. The predicted octanol–water partition coefficient (Wildman–Crippen LogP) is 1.72. The molecule has 0 saturated carbocycles. The molecule has 0 saturated heterocycles. The summed E-state index contributed by atoms with van der Waals surface area (Å²) in [5, 5.41) is 0. The fourth-order valence-corrected chi connectivity index (χ4v) is 0.478. The molecule has 0 aromatic heterocycles. The van der Waals surface area contributed by atoms with Crippen LogP contribution in [-0.4, -0.2) is 31.5 Å². The molecule has 0 aliphatic carbocycles. The molecule has 0 aromatic carbocycles. The molecule has 0 heterocycles. The van der Waals surface area contributed by atoms with Crippen molar-refractivity contribution in [3.8, 4) is 0 Å². The Balaban J connectivity index is 4.26. The average molecular weight is 222 g/mol. The summed E-state index contributed by atoms with van der Waals surface area (Å²) in [5.41, 5.74) is 0. The maximum absolute atomic E-state index is 12.3. The van der Waals surface area contributed by atoms with Gasteiger partial charge in [-0.15, -0.1) is 0 Å². The summed E-state index contributed by atoms with van der Waals surface area (Å²) < 4.78 is 66.8. The molecule has 0 amide bonds. The minimum absolute atomic E-state index is 0.159. The molecule has 0 unspecified atom stereocenters. The zero-order valence-corrected chi connectivity index (χ0v) is 7.03. The number of hydrogen-bond acceptors (Lipinski definition) is 3. The van der Waals surface area contributed by atoms with Crippen molar-refractivity contribution in [2.75, 3.05) is 13.2 Å². The van der Waals surface area contributed by atoms with E-state index in [1.807, 2.05) is 0 Å². The van der Waals surface area contributed by atoms with Crippen LogP contribution in [0.2, 0.25) is 0 Å². The van der Waals surface area contributed by atoms with Gasteiger partial charge in [0.05, 0.1) is 0 Å². The van der Waals surface area contributed by atoms with E-state index in [1.165, 1.54) is 6.92 Å². The molecule has 3 nitrogen and oxygen atoms in total. The Hall–Kier alpha value is -0.760. The van der Waals surface area contributed by atoms with E-state index < -0.39 is 24.9 Å². The molecule has 0 N–H and O–H groups in total. The second-order valence-electron chi connectivity index (χ2n) is 2.17. The Labute approximate surface area is 75.8 Å². The number of carbonyl (C=O) groups excluding carboxylic acids is 1. The number of hydrogen-bond donors (Lipinski definition) is 0. The van der Waals surface area contributed by atoms with Crippen LogP contribution >= 0.6 is 0 Å². The molecule has 0 rings (SSSR count).